The van der Waals surface area contributed by atoms with E-state index in [1.165, 1.54) is 11.3 Å². The third-order valence-corrected chi connectivity index (χ3v) is 5.31. The number of hydrogen-bond acceptors (Lipinski definition) is 5. The molecular formula is C16H20N2O3S. The van der Waals surface area contributed by atoms with Crippen LogP contribution >= 0.6 is 11.3 Å². The Balaban J connectivity index is 1.83. The lowest BCUT2D eigenvalue weighted by Gasteiger charge is -2.34. The quantitative estimate of drug-likeness (QED) is 0.924. The number of rotatable bonds is 2. The van der Waals surface area contributed by atoms with Gasteiger partial charge in [0.15, 0.2) is 10.8 Å². The highest BCUT2D eigenvalue weighted by molar-refractivity contribution is 7.17. The maximum absolute atomic E-state index is 12.7. The Kier molecular flexibility index (Phi) is 4.06. The van der Waals surface area contributed by atoms with Crippen LogP contribution in [-0.2, 0) is 0 Å². The number of carbonyl (C=O) groups excluding carboxylic acids is 1. The number of aromatic nitrogens is 1. The number of aryl methyl sites for hydroxylation is 2. The lowest BCUT2D eigenvalue weighted by molar-refractivity contribution is 0.0251. The van der Waals surface area contributed by atoms with Crippen molar-refractivity contribution >= 4 is 17.2 Å². The number of β-amino-alcohol motifs (C(OH)–C–C–N with tert-alkyl or cyclic N) is 1. The van der Waals surface area contributed by atoms with Gasteiger partial charge in [-0.05, 0) is 38.3 Å². The maximum Gasteiger partial charge on any atom is 0.265 e. The molecular weight excluding hydrogens is 300 g/mol. The molecule has 2 atom stereocenters. The van der Waals surface area contributed by atoms with Gasteiger partial charge in [-0.2, -0.15) is 0 Å². The van der Waals surface area contributed by atoms with E-state index < -0.39 is 6.10 Å². The number of aliphatic hydroxyl groups excluding tert-OH is 1. The van der Waals surface area contributed by atoms with Gasteiger partial charge in [-0.3, -0.25) is 4.79 Å². The first kappa shape index (κ1) is 15.2. The molecule has 2 aromatic heterocycles. The van der Waals surface area contributed by atoms with Crippen molar-refractivity contribution in [3.63, 3.8) is 0 Å². The number of aliphatic hydroxyl groups is 1. The van der Waals surface area contributed by atoms with Crippen LogP contribution in [0.5, 0.6) is 0 Å². The minimum absolute atomic E-state index is 0.0459. The first-order chi connectivity index (χ1) is 10.5. The van der Waals surface area contributed by atoms with Crippen LogP contribution in [0.15, 0.2) is 16.5 Å². The molecule has 0 aliphatic carbocycles. The van der Waals surface area contributed by atoms with Crippen molar-refractivity contribution in [3.05, 3.63) is 28.5 Å². The van der Waals surface area contributed by atoms with Crippen LogP contribution in [0.4, 0.5) is 0 Å². The Morgan fingerprint density at radius 3 is 2.86 bits per heavy atom. The number of nitrogens with zero attached hydrogens (tertiary/aromatic N) is 2. The molecule has 3 heterocycles. The number of thiazole rings is 1. The molecule has 5 nitrogen and oxygen atoms in total. The van der Waals surface area contributed by atoms with Crippen LogP contribution in [0.2, 0.25) is 0 Å². The number of carbonyl (C=O) groups is 1. The first-order valence-corrected chi connectivity index (χ1v) is 8.29. The zero-order valence-electron chi connectivity index (χ0n) is 13.0. The summed E-state index contributed by atoms with van der Waals surface area (Å²) >= 11 is 1.35. The number of furan rings is 1. The summed E-state index contributed by atoms with van der Waals surface area (Å²) in [6.45, 7) is 6.82. The summed E-state index contributed by atoms with van der Waals surface area (Å²) in [5.74, 6) is 1.71. The minimum Gasteiger partial charge on any atom is -0.459 e. The van der Waals surface area contributed by atoms with E-state index in [2.05, 4.69) is 4.98 Å². The topological polar surface area (TPSA) is 66.6 Å². The summed E-state index contributed by atoms with van der Waals surface area (Å²) in [4.78, 5) is 19.5. The van der Waals surface area contributed by atoms with Crippen LogP contribution in [0, 0.1) is 19.8 Å². The standard InChI is InChI=1S/C16H20N2O3S/c1-9-6-7-18(8-12(9)19)16(20)14-11(3)17-15(22-14)13-5-4-10(2)21-13/h4-5,9,12,19H,6-8H2,1-3H3. The second kappa shape index (κ2) is 5.85. The van der Waals surface area contributed by atoms with Gasteiger partial charge in [0.2, 0.25) is 0 Å². The number of piperidine rings is 1. The van der Waals surface area contributed by atoms with Gasteiger partial charge in [-0.15, -0.1) is 11.3 Å². The highest BCUT2D eigenvalue weighted by Crippen LogP contribution is 2.31. The third kappa shape index (κ3) is 2.80. The van der Waals surface area contributed by atoms with E-state index in [9.17, 15) is 9.90 Å². The van der Waals surface area contributed by atoms with Gasteiger partial charge in [0.25, 0.3) is 5.91 Å². The van der Waals surface area contributed by atoms with E-state index in [4.69, 9.17) is 4.42 Å². The van der Waals surface area contributed by atoms with Crippen LogP contribution in [0.25, 0.3) is 10.8 Å². The Morgan fingerprint density at radius 2 is 2.23 bits per heavy atom. The van der Waals surface area contributed by atoms with E-state index in [-0.39, 0.29) is 11.8 Å². The Bertz CT molecular complexity index is 691. The summed E-state index contributed by atoms with van der Waals surface area (Å²) in [5, 5.41) is 10.7. The van der Waals surface area contributed by atoms with E-state index in [0.717, 1.165) is 17.2 Å². The fourth-order valence-electron chi connectivity index (χ4n) is 2.63. The molecule has 1 saturated heterocycles. The fourth-order valence-corrected chi connectivity index (χ4v) is 3.62. The smallest absolute Gasteiger partial charge is 0.265 e. The molecule has 0 radical (unpaired) electrons. The van der Waals surface area contributed by atoms with Crippen LogP contribution in [-0.4, -0.2) is 40.1 Å². The zero-order chi connectivity index (χ0) is 15.9. The maximum atomic E-state index is 12.7. The van der Waals surface area contributed by atoms with Crippen LogP contribution in [0.1, 0.15) is 34.5 Å². The summed E-state index contributed by atoms with van der Waals surface area (Å²) < 4.78 is 5.58. The molecule has 1 amide bonds. The van der Waals surface area contributed by atoms with Crippen molar-refractivity contribution < 1.29 is 14.3 Å². The molecule has 118 valence electrons. The van der Waals surface area contributed by atoms with E-state index in [1.807, 2.05) is 32.9 Å². The Labute approximate surface area is 133 Å². The Hall–Kier alpha value is -1.66. The van der Waals surface area contributed by atoms with E-state index in [0.29, 0.717) is 29.4 Å². The van der Waals surface area contributed by atoms with E-state index >= 15 is 0 Å². The first-order valence-electron chi connectivity index (χ1n) is 7.47. The van der Waals surface area contributed by atoms with Gasteiger partial charge >= 0.3 is 0 Å². The molecule has 22 heavy (non-hydrogen) atoms. The normalized spacial score (nSPS) is 22.1. The van der Waals surface area contributed by atoms with Gasteiger partial charge in [0, 0.05) is 13.1 Å². The zero-order valence-corrected chi connectivity index (χ0v) is 13.8. The summed E-state index contributed by atoms with van der Waals surface area (Å²) in [7, 11) is 0. The SMILES string of the molecule is Cc1ccc(-c2nc(C)c(C(=O)N3CCC(C)C(O)C3)s2)o1. The number of hydrogen-bond donors (Lipinski definition) is 1. The lowest BCUT2D eigenvalue weighted by atomic mass is 9.96. The molecule has 1 N–H and O–H groups in total. The van der Waals surface area contributed by atoms with E-state index in [1.54, 1.807) is 4.90 Å². The van der Waals surface area contributed by atoms with Gasteiger partial charge in [-0.25, -0.2) is 4.98 Å². The molecule has 1 aliphatic heterocycles. The lowest BCUT2D eigenvalue weighted by Crippen LogP contribution is -2.45. The van der Waals surface area contributed by atoms with Crippen molar-refractivity contribution in [3.8, 4) is 10.8 Å². The van der Waals surface area contributed by atoms with Crippen molar-refractivity contribution in [2.24, 2.45) is 5.92 Å². The molecule has 1 aliphatic rings. The Morgan fingerprint density at radius 1 is 1.45 bits per heavy atom. The largest absolute Gasteiger partial charge is 0.459 e. The van der Waals surface area contributed by atoms with Crippen molar-refractivity contribution in [2.75, 3.05) is 13.1 Å². The van der Waals surface area contributed by atoms with Crippen LogP contribution in [0.3, 0.4) is 0 Å². The second-order valence-electron chi connectivity index (χ2n) is 5.93. The number of amides is 1. The van der Waals surface area contributed by atoms with Gasteiger partial charge < -0.3 is 14.4 Å². The van der Waals surface area contributed by atoms with Gasteiger partial charge in [0.05, 0.1) is 11.8 Å². The number of likely N-dealkylation sites (tertiary alicyclic amines) is 1. The molecule has 0 aromatic carbocycles. The monoisotopic (exact) mass is 320 g/mol. The van der Waals surface area contributed by atoms with Crippen molar-refractivity contribution in [1.82, 2.24) is 9.88 Å². The third-order valence-electron chi connectivity index (χ3n) is 4.15. The van der Waals surface area contributed by atoms with Crippen molar-refractivity contribution in [1.29, 1.82) is 0 Å². The van der Waals surface area contributed by atoms with Crippen LogP contribution < -0.4 is 0 Å². The van der Waals surface area contributed by atoms with Gasteiger partial charge in [0.1, 0.15) is 10.6 Å². The molecule has 0 bridgehead atoms. The molecule has 1 fully saturated rings. The minimum atomic E-state index is -0.446. The molecule has 0 spiro atoms. The second-order valence-corrected chi connectivity index (χ2v) is 6.93. The molecule has 6 heteroatoms. The highest BCUT2D eigenvalue weighted by atomic mass is 32.1. The molecule has 2 unspecified atom stereocenters. The predicted molar refractivity (Wildman–Crippen MR) is 85.0 cm³/mol. The highest BCUT2D eigenvalue weighted by Gasteiger charge is 2.30. The fraction of sp³-hybridized carbons (Fsp3) is 0.500. The molecule has 0 saturated carbocycles. The molecule has 3 rings (SSSR count). The average Bonchev–Trinajstić information content (AvgIpc) is 3.07. The average molecular weight is 320 g/mol. The summed E-state index contributed by atoms with van der Waals surface area (Å²) in [5.41, 5.74) is 0.715. The molecule has 2 aromatic rings. The predicted octanol–water partition coefficient (Wildman–Crippen LogP) is 2.86. The summed E-state index contributed by atoms with van der Waals surface area (Å²) in [6.07, 6.45) is 0.382. The summed E-state index contributed by atoms with van der Waals surface area (Å²) in [6, 6.07) is 3.75. The van der Waals surface area contributed by atoms with Crippen molar-refractivity contribution in [2.45, 2.75) is 33.3 Å². The van der Waals surface area contributed by atoms with Gasteiger partial charge in [-0.1, -0.05) is 6.92 Å².